The van der Waals surface area contributed by atoms with Crippen LogP contribution in [0.25, 0.3) is 0 Å². The summed E-state index contributed by atoms with van der Waals surface area (Å²) >= 11 is 0. The molecule has 4 nitrogen and oxygen atoms in total. The van der Waals surface area contributed by atoms with Crippen molar-refractivity contribution in [2.75, 3.05) is 6.54 Å². The van der Waals surface area contributed by atoms with Crippen molar-refractivity contribution in [2.45, 2.75) is 38.1 Å². The minimum absolute atomic E-state index is 0.0958. The van der Waals surface area contributed by atoms with Gasteiger partial charge in [-0.25, -0.2) is 0 Å². The van der Waals surface area contributed by atoms with Crippen LogP contribution in [0, 0.1) is 0 Å². The van der Waals surface area contributed by atoms with Gasteiger partial charge in [0.2, 0.25) is 5.91 Å². The quantitative estimate of drug-likeness (QED) is 0.525. The highest BCUT2D eigenvalue weighted by Gasteiger charge is 2.19. The molecule has 0 aromatic carbocycles. The molecule has 1 amide bonds. The smallest absolute Gasteiger partial charge is 0.238 e. The van der Waals surface area contributed by atoms with Crippen LogP contribution >= 0.6 is 0 Å². The van der Waals surface area contributed by atoms with Crippen LogP contribution in [-0.2, 0) is 4.79 Å². The van der Waals surface area contributed by atoms with Gasteiger partial charge >= 0.3 is 0 Å². The summed E-state index contributed by atoms with van der Waals surface area (Å²) in [5, 5.41) is 3.38. The van der Waals surface area contributed by atoms with Gasteiger partial charge in [0.1, 0.15) is 0 Å². The number of nitrogens with one attached hydrogen (secondary N) is 3. The summed E-state index contributed by atoms with van der Waals surface area (Å²) in [6, 6.07) is 0.411. The van der Waals surface area contributed by atoms with Crippen LogP contribution in [0.2, 0.25) is 0 Å². The normalized spacial score (nSPS) is 28.4. The first-order valence-corrected chi connectivity index (χ1v) is 5.34. The monoisotopic (exact) mass is 195 g/mol. The number of carbonyl (C=O) groups excluding carboxylic acids is 1. The lowest BCUT2D eigenvalue weighted by Gasteiger charge is -2.19. The van der Waals surface area contributed by atoms with Crippen molar-refractivity contribution < 1.29 is 4.79 Å². The molecule has 4 heteroatoms. The van der Waals surface area contributed by atoms with Crippen molar-refractivity contribution in [2.24, 2.45) is 0 Å². The minimum Gasteiger partial charge on any atom is -0.305 e. The fraction of sp³-hybridized carbons (Fsp3) is 0.700. The van der Waals surface area contributed by atoms with Gasteiger partial charge in [-0.3, -0.25) is 10.2 Å². The number of rotatable bonds is 0. The first kappa shape index (κ1) is 9.52. The highest BCUT2D eigenvalue weighted by molar-refractivity contribution is 5.75. The van der Waals surface area contributed by atoms with Crippen LogP contribution in [0.1, 0.15) is 32.1 Å². The van der Waals surface area contributed by atoms with Gasteiger partial charge in [0.05, 0.1) is 0 Å². The highest BCUT2D eigenvalue weighted by Crippen LogP contribution is 2.14. The van der Waals surface area contributed by atoms with Crippen LogP contribution in [0.5, 0.6) is 0 Å². The molecule has 1 fully saturated rings. The second-order valence-electron chi connectivity index (χ2n) is 3.89. The third-order valence-corrected chi connectivity index (χ3v) is 2.80. The Bertz CT molecular complexity index is 250. The maximum atomic E-state index is 11.3. The summed E-state index contributed by atoms with van der Waals surface area (Å²) < 4.78 is 0. The largest absolute Gasteiger partial charge is 0.305 e. The van der Waals surface area contributed by atoms with Gasteiger partial charge < -0.3 is 10.7 Å². The summed E-state index contributed by atoms with van der Waals surface area (Å²) in [5.41, 5.74) is 6.85. The Morgan fingerprint density at radius 3 is 3.07 bits per heavy atom. The average molecular weight is 195 g/mol. The van der Waals surface area contributed by atoms with Crippen LogP contribution in [0.4, 0.5) is 0 Å². The van der Waals surface area contributed by atoms with Gasteiger partial charge in [0.15, 0.2) is 0 Å². The summed E-state index contributed by atoms with van der Waals surface area (Å²) in [7, 11) is 0. The van der Waals surface area contributed by atoms with Crippen LogP contribution < -0.4 is 16.2 Å². The second-order valence-corrected chi connectivity index (χ2v) is 3.89. The molecule has 14 heavy (non-hydrogen) atoms. The number of hydrazine groups is 1. The van der Waals surface area contributed by atoms with E-state index < -0.39 is 0 Å². The van der Waals surface area contributed by atoms with E-state index in [0.717, 1.165) is 31.5 Å². The minimum atomic E-state index is 0.0958. The molecular formula is C10H17N3O. The molecule has 0 saturated carbocycles. The highest BCUT2D eigenvalue weighted by atomic mass is 16.2. The molecule has 1 atom stereocenters. The standard InChI is InChI=1S/C10H17N3O/c14-10-5-3-1-2-4-8-9(12-13-10)6-7-11-8/h6,8,11-12H,1-5,7H2,(H,13,14). The number of amides is 1. The molecule has 0 bridgehead atoms. The lowest BCUT2D eigenvalue weighted by atomic mass is 10.1. The van der Waals surface area contributed by atoms with Crippen molar-refractivity contribution >= 4 is 5.91 Å². The van der Waals surface area contributed by atoms with E-state index in [1.807, 2.05) is 0 Å². The van der Waals surface area contributed by atoms with E-state index in [1.165, 1.54) is 6.42 Å². The SMILES string of the molecule is O=C1CCCCCC2NCC=C2NN1. The van der Waals surface area contributed by atoms with E-state index in [-0.39, 0.29) is 5.91 Å². The zero-order valence-corrected chi connectivity index (χ0v) is 8.31. The lowest BCUT2D eigenvalue weighted by molar-refractivity contribution is -0.122. The molecule has 1 saturated heterocycles. The van der Waals surface area contributed by atoms with E-state index in [1.54, 1.807) is 0 Å². The van der Waals surface area contributed by atoms with Crippen molar-refractivity contribution in [1.82, 2.24) is 16.2 Å². The molecule has 0 aromatic rings. The Morgan fingerprint density at radius 2 is 2.14 bits per heavy atom. The first-order chi connectivity index (χ1) is 6.86. The second kappa shape index (κ2) is 4.46. The van der Waals surface area contributed by atoms with E-state index in [0.29, 0.717) is 12.5 Å². The van der Waals surface area contributed by atoms with Crippen LogP contribution in [0.3, 0.4) is 0 Å². The molecule has 2 aliphatic heterocycles. The fourth-order valence-electron chi connectivity index (χ4n) is 1.97. The van der Waals surface area contributed by atoms with Crippen molar-refractivity contribution in [1.29, 1.82) is 0 Å². The predicted octanol–water partition coefficient (Wildman–Crippen LogP) is 0.427. The fourth-order valence-corrected chi connectivity index (χ4v) is 1.97. The summed E-state index contributed by atoms with van der Waals surface area (Å²) in [6.07, 6.45) is 7.25. The zero-order chi connectivity index (χ0) is 9.80. The number of hydrogen-bond acceptors (Lipinski definition) is 3. The van der Waals surface area contributed by atoms with Gasteiger partial charge in [-0.1, -0.05) is 12.8 Å². The molecule has 2 aliphatic rings. The third kappa shape index (κ3) is 2.26. The Kier molecular flexibility index (Phi) is 3.03. The number of fused-ring (bicyclic) bond motifs is 1. The summed E-state index contributed by atoms with van der Waals surface area (Å²) in [6.45, 7) is 0.906. The molecule has 0 spiro atoms. The van der Waals surface area contributed by atoms with Crippen molar-refractivity contribution in [3.05, 3.63) is 11.8 Å². The molecule has 0 aromatic heterocycles. The summed E-state index contributed by atoms with van der Waals surface area (Å²) in [5.74, 6) is 0.0958. The molecule has 0 radical (unpaired) electrons. The lowest BCUT2D eigenvalue weighted by Crippen LogP contribution is -2.41. The average Bonchev–Trinajstić information content (AvgIpc) is 2.62. The van der Waals surface area contributed by atoms with Gasteiger partial charge in [-0.05, 0) is 18.9 Å². The number of carbonyl (C=O) groups is 1. The predicted molar refractivity (Wildman–Crippen MR) is 54.2 cm³/mol. The van der Waals surface area contributed by atoms with Gasteiger partial charge in [-0.2, -0.15) is 0 Å². The summed E-state index contributed by atoms with van der Waals surface area (Å²) in [4.78, 5) is 11.3. The third-order valence-electron chi connectivity index (χ3n) is 2.80. The maximum absolute atomic E-state index is 11.3. The zero-order valence-electron chi connectivity index (χ0n) is 8.31. The van der Waals surface area contributed by atoms with Crippen LogP contribution in [-0.4, -0.2) is 18.5 Å². The Labute approximate surface area is 84.1 Å². The Balaban J connectivity index is 1.95. The molecule has 1 unspecified atom stereocenters. The van der Waals surface area contributed by atoms with Crippen molar-refractivity contribution in [3.63, 3.8) is 0 Å². The van der Waals surface area contributed by atoms with E-state index in [4.69, 9.17) is 0 Å². The topological polar surface area (TPSA) is 53.2 Å². The van der Waals surface area contributed by atoms with Gasteiger partial charge in [0, 0.05) is 24.7 Å². The molecule has 0 aliphatic carbocycles. The van der Waals surface area contributed by atoms with Gasteiger partial charge in [-0.15, -0.1) is 0 Å². The van der Waals surface area contributed by atoms with Crippen LogP contribution in [0.15, 0.2) is 11.8 Å². The van der Waals surface area contributed by atoms with E-state index in [2.05, 4.69) is 22.2 Å². The van der Waals surface area contributed by atoms with E-state index >= 15 is 0 Å². The molecule has 78 valence electrons. The Hall–Kier alpha value is -1.03. The van der Waals surface area contributed by atoms with Crippen molar-refractivity contribution in [3.8, 4) is 0 Å². The molecule has 3 N–H and O–H groups in total. The molecular weight excluding hydrogens is 178 g/mol. The number of hydrogen-bond donors (Lipinski definition) is 3. The Morgan fingerprint density at radius 1 is 1.21 bits per heavy atom. The maximum Gasteiger partial charge on any atom is 0.238 e. The molecule has 2 rings (SSSR count). The first-order valence-electron chi connectivity index (χ1n) is 5.34. The van der Waals surface area contributed by atoms with E-state index in [9.17, 15) is 4.79 Å². The van der Waals surface area contributed by atoms with Gasteiger partial charge in [0.25, 0.3) is 0 Å². The molecule has 2 heterocycles.